The molecule has 0 aliphatic carbocycles. The van der Waals surface area contributed by atoms with E-state index in [-0.39, 0.29) is 17.6 Å². The maximum absolute atomic E-state index is 13.4. The number of pyridine rings is 1. The summed E-state index contributed by atoms with van der Waals surface area (Å²) in [5.74, 6) is -0.347. The van der Waals surface area contributed by atoms with E-state index < -0.39 is 4.92 Å². The van der Waals surface area contributed by atoms with Gasteiger partial charge in [-0.05, 0) is 49.2 Å². The average molecular weight is 519 g/mol. The van der Waals surface area contributed by atoms with Gasteiger partial charge in [-0.2, -0.15) is 0 Å². The van der Waals surface area contributed by atoms with Crippen LogP contribution >= 0.6 is 11.3 Å². The summed E-state index contributed by atoms with van der Waals surface area (Å²) in [6.07, 6.45) is 2.08. The number of rotatable bonds is 11. The molecule has 0 unspecified atom stereocenters. The van der Waals surface area contributed by atoms with Crippen LogP contribution in [0.3, 0.4) is 0 Å². The van der Waals surface area contributed by atoms with Gasteiger partial charge in [0.05, 0.1) is 28.1 Å². The highest BCUT2D eigenvalue weighted by molar-refractivity contribution is 7.19. The molecule has 0 saturated carbocycles. The quantitative estimate of drug-likeness (QED) is 0.135. The van der Waals surface area contributed by atoms with Crippen molar-refractivity contribution in [1.29, 1.82) is 0 Å². The molecule has 4 aromatic rings. The molecule has 0 radical (unpaired) electrons. The van der Waals surface area contributed by atoms with E-state index in [9.17, 15) is 14.9 Å². The number of nitro groups is 1. The van der Waals surface area contributed by atoms with E-state index in [1.54, 1.807) is 18.4 Å². The Morgan fingerprint density at radius 3 is 2.54 bits per heavy atom. The number of nitro benzene ring substituents is 1. The molecule has 2 heterocycles. The Morgan fingerprint density at radius 1 is 1.16 bits per heavy atom. The molecule has 0 aliphatic rings. The van der Waals surface area contributed by atoms with Crippen LogP contribution in [0, 0.1) is 17.0 Å². The van der Waals surface area contributed by atoms with Crippen LogP contribution in [0.2, 0.25) is 0 Å². The van der Waals surface area contributed by atoms with Gasteiger partial charge >= 0.3 is 0 Å². The van der Waals surface area contributed by atoms with E-state index in [1.165, 1.54) is 24.3 Å². The van der Waals surface area contributed by atoms with E-state index in [4.69, 9.17) is 9.72 Å². The lowest BCUT2D eigenvalue weighted by atomic mass is 10.0. The molecule has 0 spiro atoms. The number of thiophene rings is 1. The van der Waals surface area contributed by atoms with Crippen molar-refractivity contribution in [3.63, 3.8) is 0 Å². The number of unbranched alkanes of at least 4 members (excludes halogenated alkanes) is 1. The lowest BCUT2D eigenvalue weighted by molar-refractivity contribution is -0.384. The molecule has 0 saturated heterocycles. The van der Waals surface area contributed by atoms with E-state index in [2.05, 4.69) is 29.7 Å². The van der Waals surface area contributed by atoms with Crippen molar-refractivity contribution in [2.45, 2.75) is 39.3 Å². The summed E-state index contributed by atoms with van der Waals surface area (Å²) >= 11 is 1.55. The van der Waals surface area contributed by atoms with Crippen molar-refractivity contribution in [2.75, 3.05) is 19.0 Å². The SMILES string of the molecule is CCCCN[C@@H](c1ccccc1)c1sc2nc(C)cc(COC)c2c1NC(=O)c1ccc([N+](=O)[O-])cc1. The van der Waals surface area contributed by atoms with Gasteiger partial charge in [0.15, 0.2) is 0 Å². The minimum atomic E-state index is -0.483. The van der Waals surface area contributed by atoms with Gasteiger partial charge < -0.3 is 15.4 Å². The zero-order valence-electron chi connectivity index (χ0n) is 21.1. The topological polar surface area (TPSA) is 106 Å². The number of anilines is 1. The molecule has 2 N–H and O–H groups in total. The summed E-state index contributed by atoms with van der Waals surface area (Å²) in [6.45, 7) is 5.28. The summed E-state index contributed by atoms with van der Waals surface area (Å²) in [7, 11) is 1.64. The Bertz CT molecular complexity index is 1390. The van der Waals surface area contributed by atoms with Gasteiger partial charge in [0.1, 0.15) is 4.83 Å². The molecule has 0 aliphatic heterocycles. The van der Waals surface area contributed by atoms with E-state index >= 15 is 0 Å². The number of aromatic nitrogens is 1. The predicted octanol–water partition coefficient (Wildman–Crippen LogP) is 6.39. The molecule has 4 rings (SSSR count). The summed E-state index contributed by atoms with van der Waals surface area (Å²) < 4.78 is 5.49. The highest BCUT2D eigenvalue weighted by atomic mass is 32.1. The molecular formula is C28H30N4O4S. The van der Waals surface area contributed by atoms with Crippen molar-refractivity contribution in [3.05, 3.63) is 98.0 Å². The minimum absolute atomic E-state index is 0.0652. The number of aryl methyl sites for hydroxylation is 1. The first-order valence-electron chi connectivity index (χ1n) is 12.2. The number of methoxy groups -OCH3 is 1. The fourth-order valence-electron chi connectivity index (χ4n) is 4.28. The van der Waals surface area contributed by atoms with Gasteiger partial charge in [-0.15, -0.1) is 11.3 Å². The summed E-state index contributed by atoms with van der Waals surface area (Å²) in [4.78, 5) is 30.5. The van der Waals surface area contributed by atoms with Crippen molar-refractivity contribution in [2.24, 2.45) is 0 Å². The fourth-order valence-corrected chi connectivity index (χ4v) is 5.60. The Hall–Kier alpha value is -3.66. The van der Waals surface area contributed by atoms with Crippen LogP contribution in [0.15, 0.2) is 60.7 Å². The largest absolute Gasteiger partial charge is 0.380 e. The fraction of sp³-hybridized carbons (Fsp3) is 0.286. The van der Waals surface area contributed by atoms with Gasteiger partial charge in [0, 0.05) is 35.9 Å². The maximum Gasteiger partial charge on any atom is 0.269 e. The number of carbonyl (C=O) groups excluding carboxylic acids is 1. The highest BCUT2D eigenvalue weighted by Gasteiger charge is 2.26. The van der Waals surface area contributed by atoms with Crippen LogP contribution in [-0.2, 0) is 11.3 Å². The number of nitrogens with zero attached hydrogens (tertiary/aromatic N) is 2. The zero-order valence-corrected chi connectivity index (χ0v) is 21.9. The second-order valence-electron chi connectivity index (χ2n) is 8.79. The van der Waals surface area contributed by atoms with Gasteiger partial charge in [0.2, 0.25) is 0 Å². The third-order valence-corrected chi connectivity index (χ3v) is 7.20. The first kappa shape index (κ1) is 26.4. The Labute approximate surface area is 219 Å². The molecule has 8 nitrogen and oxygen atoms in total. The average Bonchev–Trinajstić information content (AvgIpc) is 3.24. The molecule has 1 atom stereocenters. The summed E-state index contributed by atoms with van der Waals surface area (Å²) in [5.41, 5.74) is 3.84. The number of non-ortho nitro benzene ring substituents is 1. The van der Waals surface area contributed by atoms with Crippen LogP contribution in [-0.4, -0.2) is 29.5 Å². The number of hydrogen-bond donors (Lipinski definition) is 2. The Morgan fingerprint density at radius 2 is 1.89 bits per heavy atom. The Balaban J connectivity index is 1.85. The van der Waals surface area contributed by atoms with Crippen LogP contribution < -0.4 is 10.6 Å². The first-order chi connectivity index (χ1) is 17.9. The molecule has 0 bridgehead atoms. The number of fused-ring (bicyclic) bond motifs is 1. The van der Waals surface area contributed by atoms with Crippen molar-refractivity contribution >= 4 is 38.8 Å². The number of amides is 1. The third kappa shape index (κ3) is 6.02. The van der Waals surface area contributed by atoms with Crippen LogP contribution in [0.5, 0.6) is 0 Å². The monoisotopic (exact) mass is 518 g/mol. The van der Waals surface area contributed by atoms with Crippen molar-refractivity contribution in [3.8, 4) is 0 Å². The molecule has 1 amide bonds. The second kappa shape index (κ2) is 12.1. The van der Waals surface area contributed by atoms with Crippen LogP contribution in [0.1, 0.15) is 57.9 Å². The van der Waals surface area contributed by atoms with Gasteiger partial charge in [0.25, 0.3) is 11.6 Å². The molecular weight excluding hydrogens is 488 g/mol. The van der Waals surface area contributed by atoms with Crippen molar-refractivity contribution in [1.82, 2.24) is 10.3 Å². The second-order valence-corrected chi connectivity index (χ2v) is 9.82. The van der Waals surface area contributed by atoms with Crippen molar-refractivity contribution < 1.29 is 14.5 Å². The van der Waals surface area contributed by atoms with Crippen LogP contribution in [0.25, 0.3) is 10.2 Å². The van der Waals surface area contributed by atoms with Gasteiger partial charge in [-0.1, -0.05) is 43.7 Å². The molecule has 2 aromatic carbocycles. The first-order valence-corrected chi connectivity index (χ1v) is 13.0. The maximum atomic E-state index is 13.4. The van der Waals surface area contributed by atoms with Gasteiger partial charge in [-0.3, -0.25) is 14.9 Å². The molecule has 37 heavy (non-hydrogen) atoms. The standard InChI is InChI=1S/C28H30N4O4S/c1-4-5-15-29-24(19-9-7-6-8-10-19)26-25(23-21(17-36-3)16-18(2)30-28(23)37-26)31-27(33)20-11-13-22(14-12-20)32(34)35/h6-14,16,24,29H,4-5,15,17H2,1-3H3,(H,31,33)/t24-/m0/s1. The molecule has 192 valence electrons. The summed E-state index contributed by atoms with van der Waals surface area (Å²) in [6, 6.07) is 17.6. The number of ether oxygens (including phenoxy) is 1. The molecule has 2 aromatic heterocycles. The molecule has 0 fully saturated rings. The normalized spacial score (nSPS) is 12.0. The van der Waals surface area contributed by atoms with E-state index in [1.807, 2.05) is 31.2 Å². The number of benzene rings is 2. The number of nitrogens with one attached hydrogen (secondary N) is 2. The number of carbonyl (C=O) groups is 1. The minimum Gasteiger partial charge on any atom is -0.380 e. The van der Waals surface area contributed by atoms with Crippen LogP contribution in [0.4, 0.5) is 11.4 Å². The number of hydrogen-bond acceptors (Lipinski definition) is 7. The smallest absolute Gasteiger partial charge is 0.269 e. The zero-order chi connectivity index (χ0) is 26.4. The third-order valence-electron chi connectivity index (χ3n) is 6.05. The predicted molar refractivity (Wildman–Crippen MR) is 147 cm³/mol. The molecule has 9 heteroatoms. The van der Waals surface area contributed by atoms with E-state index in [0.717, 1.165) is 51.3 Å². The van der Waals surface area contributed by atoms with Gasteiger partial charge in [-0.25, -0.2) is 4.98 Å². The Kier molecular flexibility index (Phi) is 8.60. The summed E-state index contributed by atoms with van der Waals surface area (Å²) in [5, 5.41) is 18.7. The lowest BCUT2D eigenvalue weighted by Crippen LogP contribution is -2.24. The lowest BCUT2D eigenvalue weighted by Gasteiger charge is -2.20. The van der Waals surface area contributed by atoms with E-state index in [0.29, 0.717) is 17.9 Å². The highest BCUT2D eigenvalue weighted by Crippen LogP contribution is 2.43.